The lowest BCUT2D eigenvalue weighted by atomic mass is 10.1. The molecule has 88 valence electrons. The molecule has 0 bridgehead atoms. The van der Waals surface area contributed by atoms with Crippen molar-refractivity contribution < 1.29 is 0 Å². The van der Waals surface area contributed by atoms with Gasteiger partial charge in [-0.3, -0.25) is 9.78 Å². The molecule has 4 nitrogen and oxygen atoms in total. The number of aromatic amines is 1. The number of nitrogens with zero attached hydrogens (tertiary/aromatic N) is 2. The molecule has 0 fully saturated rings. The summed E-state index contributed by atoms with van der Waals surface area (Å²) in [6.45, 7) is 4.04. The summed E-state index contributed by atoms with van der Waals surface area (Å²) in [5.41, 5.74) is 1.39. The predicted octanol–water partition coefficient (Wildman–Crippen LogP) is 2.56. The molecule has 0 saturated heterocycles. The Morgan fingerprint density at radius 2 is 2.12 bits per heavy atom. The third kappa shape index (κ3) is 2.54. The Balaban J connectivity index is 2.62. The van der Waals surface area contributed by atoms with E-state index in [1.165, 1.54) is 0 Å². The van der Waals surface area contributed by atoms with E-state index in [9.17, 15) is 4.79 Å². The number of aromatic nitrogens is 3. The van der Waals surface area contributed by atoms with Crippen molar-refractivity contribution in [2.45, 2.75) is 19.8 Å². The van der Waals surface area contributed by atoms with Crippen LogP contribution in [0.4, 0.5) is 0 Å². The third-order valence-corrected chi connectivity index (χ3v) is 3.39. The zero-order chi connectivity index (χ0) is 12.4. The maximum absolute atomic E-state index is 11.8. The van der Waals surface area contributed by atoms with Crippen molar-refractivity contribution in [3.8, 4) is 11.5 Å². The van der Waals surface area contributed by atoms with Crippen LogP contribution < -0.4 is 5.56 Å². The van der Waals surface area contributed by atoms with Crippen LogP contribution in [0.15, 0.2) is 29.2 Å². The summed E-state index contributed by atoms with van der Waals surface area (Å²) in [7, 11) is 0. The largest absolute Gasteiger partial charge is 0.304 e. The first kappa shape index (κ1) is 12.2. The highest BCUT2D eigenvalue weighted by molar-refractivity contribution is 14.1. The van der Waals surface area contributed by atoms with Crippen molar-refractivity contribution >= 4 is 22.6 Å². The first-order valence-corrected chi connectivity index (χ1v) is 6.38. The van der Waals surface area contributed by atoms with Gasteiger partial charge in [-0.15, -0.1) is 0 Å². The number of pyridine rings is 1. The van der Waals surface area contributed by atoms with Crippen LogP contribution in [0.5, 0.6) is 0 Å². The summed E-state index contributed by atoms with van der Waals surface area (Å²) in [4.78, 5) is 23.2. The van der Waals surface area contributed by atoms with Gasteiger partial charge in [0.25, 0.3) is 5.56 Å². The quantitative estimate of drug-likeness (QED) is 0.854. The molecule has 2 aromatic rings. The fourth-order valence-electron chi connectivity index (χ4n) is 1.48. The van der Waals surface area contributed by atoms with E-state index in [0.717, 1.165) is 5.69 Å². The predicted molar refractivity (Wildman–Crippen MR) is 74.9 cm³/mol. The molecule has 0 aromatic carbocycles. The first-order chi connectivity index (χ1) is 8.09. The second-order valence-electron chi connectivity index (χ2n) is 3.98. The summed E-state index contributed by atoms with van der Waals surface area (Å²) in [5, 5.41) is 0. The molecular formula is C12H12IN3O. The minimum atomic E-state index is -0.107. The van der Waals surface area contributed by atoms with Crippen LogP contribution in [0.25, 0.3) is 11.5 Å². The molecule has 0 aliphatic rings. The number of hydrogen-bond acceptors (Lipinski definition) is 3. The van der Waals surface area contributed by atoms with Crippen LogP contribution >= 0.6 is 22.6 Å². The molecule has 0 atom stereocenters. The van der Waals surface area contributed by atoms with Crippen LogP contribution in [0.3, 0.4) is 0 Å². The van der Waals surface area contributed by atoms with Crippen LogP contribution in [-0.4, -0.2) is 15.0 Å². The van der Waals surface area contributed by atoms with Gasteiger partial charge in [0.15, 0.2) is 5.82 Å². The third-order valence-electron chi connectivity index (χ3n) is 2.34. The van der Waals surface area contributed by atoms with Crippen molar-refractivity contribution in [1.82, 2.24) is 15.0 Å². The summed E-state index contributed by atoms with van der Waals surface area (Å²) in [6.07, 6.45) is 1.68. The molecule has 0 saturated carbocycles. The monoisotopic (exact) mass is 341 g/mol. The standard InChI is InChI=1S/C12H12IN3O/c1-7(2)10-9(13)12(17)16-11(15-10)8-5-3-4-6-14-8/h3-7H,1-2H3,(H,15,16,17). The molecule has 1 N–H and O–H groups in total. The Kier molecular flexibility index (Phi) is 3.56. The molecule has 2 heterocycles. The zero-order valence-corrected chi connectivity index (χ0v) is 11.7. The first-order valence-electron chi connectivity index (χ1n) is 5.30. The van der Waals surface area contributed by atoms with E-state index >= 15 is 0 Å². The molecule has 17 heavy (non-hydrogen) atoms. The van der Waals surface area contributed by atoms with E-state index in [-0.39, 0.29) is 11.5 Å². The average molecular weight is 341 g/mol. The molecule has 0 unspecified atom stereocenters. The van der Waals surface area contributed by atoms with Crippen molar-refractivity contribution in [2.24, 2.45) is 0 Å². The fraction of sp³-hybridized carbons (Fsp3) is 0.250. The van der Waals surface area contributed by atoms with Crippen molar-refractivity contribution in [2.75, 3.05) is 0 Å². The van der Waals surface area contributed by atoms with Gasteiger partial charge in [0.05, 0.1) is 9.26 Å². The van der Waals surface area contributed by atoms with Crippen LogP contribution in [0, 0.1) is 3.57 Å². The number of halogens is 1. The Morgan fingerprint density at radius 1 is 1.35 bits per heavy atom. The van der Waals surface area contributed by atoms with Crippen LogP contribution in [0.2, 0.25) is 0 Å². The lowest BCUT2D eigenvalue weighted by molar-refractivity contribution is 0.801. The summed E-state index contributed by atoms with van der Waals surface area (Å²) in [5.74, 6) is 0.742. The summed E-state index contributed by atoms with van der Waals surface area (Å²) in [6, 6.07) is 5.53. The highest BCUT2D eigenvalue weighted by Gasteiger charge is 2.13. The topological polar surface area (TPSA) is 58.6 Å². The van der Waals surface area contributed by atoms with E-state index in [1.807, 2.05) is 54.6 Å². The SMILES string of the molecule is CC(C)c1nc(-c2ccccn2)[nH]c(=O)c1I. The van der Waals surface area contributed by atoms with Crippen molar-refractivity contribution in [3.05, 3.63) is 44.0 Å². The Morgan fingerprint density at radius 3 is 2.71 bits per heavy atom. The van der Waals surface area contributed by atoms with Gasteiger partial charge in [-0.2, -0.15) is 0 Å². The zero-order valence-electron chi connectivity index (χ0n) is 9.57. The van der Waals surface area contributed by atoms with Gasteiger partial charge in [-0.05, 0) is 40.6 Å². The van der Waals surface area contributed by atoms with Gasteiger partial charge < -0.3 is 4.98 Å². The van der Waals surface area contributed by atoms with Gasteiger partial charge in [0.2, 0.25) is 0 Å². The number of nitrogens with one attached hydrogen (secondary N) is 1. The molecule has 0 aliphatic heterocycles. The molecule has 0 radical (unpaired) electrons. The van der Waals surface area contributed by atoms with Crippen LogP contribution in [-0.2, 0) is 0 Å². The van der Waals surface area contributed by atoms with Crippen molar-refractivity contribution in [1.29, 1.82) is 0 Å². The Labute approximate surface area is 113 Å². The Hall–Kier alpha value is -1.24. The van der Waals surface area contributed by atoms with E-state index in [2.05, 4.69) is 15.0 Å². The summed E-state index contributed by atoms with van der Waals surface area (Å²) >= 11 is 2.03. The van der Waals surface area contributed by atoms with Gasteiger partial charge in [0.1, 0.15) is 5.69 Å². The summed E-state index contributed by atoms with van der Waals surface area (Å²) < 4.78 is 0.650. The van der Waals surface area contributed by atoms with Crippen molar-refractivity contribution in [3.63, 3.8) is 0 Å². The highest BCUT2D eigenvalue weighted by Crippen LogP contribution is 2.18. The van der Waals surface area contributed by atoms with Crippen LogP contribution in [0.1, 0.15) is 25.5 Å². The molecular weight excluding hydrogens is 329 g/mol. The van der Waals surface area contributed by atoms with E-state index < -0.39 is 0 Å². The van der Waals surface area contributed by atoms with Gasteiger partial charge in [-0.1, -0.05) is 19.9 Å². The van der Waals surface area contributed by atoms with E-state index in [1.54, 1.807) is 6.20 Å². The molecule has 2 rings (SSSR count). The molecule has 0 aliphatic carbocycles. The molecule has 0 spiro atoms. The normalized spacial score (nSPS) is 10.8. The lowest BCUT2D eigenvalue weighted by Gasteiger charge is -2.08. The molecule has 2 aromatic heterocycles. The smallest absolute Gasteiger partial charge is 0.264 e. The number of rotatable bonds is 2. The second-order valence-corrected chi connectivity index (χ2v) is 5.06. The maximum atomic E-state index is 11.8. The number of H-pyrrole nitrogens is 1. The molecule has 5 heteroatoms. The lowest BCUT2D eigenvalue weighted by Crippen LogP contribution is -2.17. The Bertz CT molecular complexity index is 578. The second kappa shape index (κ2) is 4.95. The number of hydrogen-bond donors (Lipinski definition) is 1. The maximum Gasteiger partial charge on any atom is 0.264 e. The van der Waals surface area contributed by atoms with Gasteiger partial charge in [-0.25, -0.2) is 4.98 Å². The highest BCUT2D eigenvalue weighted by atomic mass is 127. The average Bonchev–Trinajstić information content (AvgIpc) is 2.33. The minimum absolute atomic E-state index is 0.107. The van der Waals surface area contributed by atoms with Gasteiger partial charge in [0, 0.05) is 6.20 Å². The molecule has 0 amide bonds. The van der Waals surface area contributed by atoms with Gasteiger partial charge >= 0.3 is 0 Å². The van der Waals surface area contributed by atoms with E-state index in [0.29, 0.717) is 15.1 Å². The minimum Gasteiger partial charge on any atom is -0.304 e. The fourth-order valence-corrected chi connectivity index (χ4v) is 2.36. The van der Waals surface area contributed by atoms with E-state index in [4.69, 9.17) is 0 Å².